The number of amides is 2. The summed E-state index contributed by atoms with van der Waals surface area (Å²) in [6, 6.07) is 11.2. The normalized spacial score (nSPS) is 11.9. The number of halogens is 2. The van der Waals surface area contributed by atoms with Gasteiger partial charge in [-0.15, -0.1) is 0 Å². The fourth-order valence-electron chi connectivity index (χ4n) is 3.47. The number of urea groups is 1. The molecule has 0 spiro atoms. The van der Waals surface area contributed by atoms with Crippen LogP contribution >= 0.6 is 11.6 Å². The monoisotopic (exact) mass is 445 g/mol. The van der Waals surface area contributed by atoms with E-state index in [0.717, 1.165) is 16.3 Å². The van der Waals surface area contributed by atoms with E-state index in [0.29, 0.717) is 31.1 Å². The van der Waals surface area contributed by atoms with Gasteiger partial charge in [0.25, 0.3) is 0 Å². The van der Waals surface area contributed by atoms with Crippen molar-refractivity contribution < 1.29 is 18.7 Å². The van der Waals surface area contributed by atoms with Crippen LogP contribution in [0, 0.1) is 5.82 Å². The summed E-state index contributed by atoms with van der Waals surface area (Å²) < 4.78 is 24.0. The number of aromatic nitrogens is 1. The minimum absolute atomic E-state index is 0.0536. The lowest BCUT2D eigenvalue weighted by atomic mass is 10.0. The molecule has 31 heavy (non-hydrogen) atoms. The summed E-state index contributed by atoms with van der Waals surface area (Å²) >= 11 is 5.86. The van der Waals surface area contributed by atoms with E-state index in [1.807, 2.05) is 31.2 Å². The van der Waals surface area contributed by atoms with E-state index in [1.54, 1.807) is 25.3 Å². The number of benzene rings is 2. The molecule has 2 aromatic carbocycles. The number of rotatable bonds is 8. The van der Waals surface area contributed by atoms with Gasteiger partial charge in [0.1, 0.15) is 5.82 Å². The Bertz CT molecular complexity index is 1060. The number of fused-ring (bicyclic) bond motifs is 1. The summed E-state index contributed by atoms with van der Waals surface area (Å²) in [4.78, 5) is 19.3. The zero-order chi connectivity index (χ0) is 22.4. The number of carbonyl (C=O) groups excluding carboxylic acids is 1. The van der Waals surface area contributed by atoms with Gasteiger partial charge in [-0.05, 0) is 43.0 Å². The highest BCUT2D eigenvalue weighted by Crippen LogP contribution is 2.32. The molecule has 0 unspecified atom stereocenters. The molecule has 0 saturated heterocycles. The first-order valence-corrected chi connectivity index (χ1v) is 10.3. The van der Waals surface area contributed by atoms with Crippen molar-refractivity contribution in [3.8, 4) is 5.88 Å². The number of methoxy groups -OCH3 is 2. The molecular formula is C23H25ClFN3O3. The van der Waals surface area contributed by atoms with Crippen LogP contribution in [0.25, 0.3) is 10.8 Å². The third kappa shape index (κ3) is 5.24. The highest BCUT2D eigenvalue weighted by atomic mass is 35.5. The Labute approximate surface area is 185 Å². The molecule has 164 valence electrons. The lowest BCUT2D eigenvalue weighted by Gasteiger charge is -2.30. The molecule has 6 nitrogen and oxygen atoms in total. The van der Waals surface area contributed by atoms with E-state index < -0.39 is 5.82 Å². The standard InChI is InChI=1S/C23H25ClFN3O3/c1-15(19-14-26-22(31-3)18-8-5-4-7-17(18)19)28(11-6-12-30-2)23(29)27-16-9-10-21(25)20(24)13-16/h4-5,7-10,13-15H,6,11-12H2,1-3H3,(H,27,29)/t15-/m1/s1. The number of hydrogen-bond donors (Lipinski definition) is 1. The number of carbonyl (C=O) groups is 1. The molecule has 3 aromatic rings. The Hall–Kier alpha value is -2.90. The Balaban J connectivity index is 1.93. The topological polar surface area (TPSA) is 63.7 Å². The van der Waals surface area contributed by atoms with E-state index >= 15 is 0 Å². The zero-order valence-corrected chi connectivity index (χ0v) is 18.4. The van der Waals surface area contributed by atoms with Crippen molar-refractivity contribution in [3.05, 3.63) is 65.1 Å². The lowest BCUT2D eigenvalue weighted by Crippen LogP contribution is -2.38. The number of nitrogens with one attached hydrogen (secondary N) is 1. The van der Waals surface area contributed by atoms with Crippen molar-refractivity contribution in [2.75, 3.05) is 32.7 Å². The number of pyridine rings is 1. The molecule has 0 bridgehead atoms. The molecule has 8 heteroatoms. The molecule has 1 N–H and O–H groups in total. The lowest BCUT2D eigenvalue weighted by molar-refractivity contribution is 0.161. The molecule has 0 fully saturated rings. The van der Waals surface area contributed by atoms with Crippen LogP contribution in [0.2, 0.25) is 5.02 Å². The Morgan fingerprint density at radius 3 is 2.65 bits per heavy atom. The maximum Gasteiger partial charge on any atom is 0.322 e. The van der Waals surface area contributed by atoms with Gasteiger partial charge >= 0.3 is 6.03 Å². The van der Waals surface area contributed by atoms with E-state index in [2.05, 4.69) is 10.3 Å². The first-order valence-electron chi connectivity index (χ1n) is 9.89. The van der Waals surface area contributed by atoms with Gasteiger partial charge < -0.3 is 19.7 Å². The highest BCUT2D eigenvalue weighted by molar-refractivity contribution is 6.31. The molecule has 1 heterocycles. The van der Waals surface area contributed by atoms with Gasteiger partial charge in [0.15, 0.2) is 0 Å². The molecule has 1 aromatic heterocycles. The third-order valence-electron chi connectivity index (χ3n) is 5.08. The van der Waals surface area contributed by atoms with Crippen molar-refractivity contribution in [1.29, 1.82) is 0 Å². The van der Waals surface area contributed by atoms with Gasteiger partial charge in [-0.3, -0.25) is 0 Å². The minimum Gasteiger partial charge on any atom is -0.481 e. The maximum absolute atomic E-state index is 13.5. The van der Waals surface area contributed by atoms with Crippen LogP contribution in [-0.2, 0) is 4.74 Å². The van der Waals surface area contributed by atoms with Crippen molar-refractivity contribution >= 4 is 34.1 Å². The number of anilines is 1. The third-order valence-corrected chi connectivity index (χ3v) is 5.37. The molecule has 0 aliphatic rings. The van der Waals surface area contributed by atoms with E-state index in [4.69, 9.17) is 21.1 Å². The summed E-state index contributed by atoms with van der Waals surface area (Å²) in [6.07, 6.45) is 2.39. The largest absolute Gasteiger partial charge is 0.481 e. The van der Waals surface area contributed by atoms with Crippen LogP contribution in [-0.4, -0.2) is 43.3 Å². The van der Waals surface area contributed by atoms with Crippen LogP contribution in [0.5, 0.6) is 5.88 Å². The Kier molecular flexibility index (Phi) is 7.65. The van der Waals surface area contributed by atoms with Gasteiger partial charge in [-0.1, -0.05) is 29.8 Å². The molecule has 2 amide bonds. The minimum atomic E-state index is -0.541. The quantitative estimate of drug-likeness (QED) is 0.454. The molecular weight excluding hydrogens is 421 g/mol. The molecule has 0 saturated carbocycles. The summed E-state index contributed by atoms with van der Waals surface area (Å²) in [6.45, 7) is 2.91. The number of nitrogens with zero attached hydrogens (tertiary/aromatic N) is 2. The van der Waals surface area contributed by atoms with E-state index in [-0.39, 0.29) is 17.1 Å². The highest BCUT2D eigenvalue weighted by Gasteiger charge is 2.24. The van der Waals surface area contributed by atoms with E-state index in [1.165, 1.54) is 18.2 Å². The second kappa shape index (κ2) is 10.4. The molecule has 3 rings (SSSR count). The predicted octanol–water partition coefficient (Wildman–Crippen LogP) is 5.67. The zero-order valence-electron chi connectivity index (χ0n) is 17.7. The SMILES string of the molecule is COCCCN(C(=O)Nc1ccc(F)c(Cl)c1)[C@H](C)c1cnc(OC)c2ccccc12. The predicted molar refractivity (Wildman–Crippen MR) is 120 cm³/mol. The van der Waals surface area contributed by atoms with E-state index in [9.17, 15) is 9.18 Å². The summed E-state index contributed by atoms with van der Waals surface area (Å²) in [5.74, 6) is -0.0105. The number of hydrogen-bond acceptors (Lipinski definition) is 4. The van der Waals surface area contributed by atoms with Crippen LogP contribution < -0.4 is 10.1 Å². The smallest absolute Gasteiger partial charge is 0.322 e. The van der Waals surface area contributed by atoms with Crippen LogP contribution in [0.3, 0.4) is 0 Å². The molecule has 0 radical (unpaired) electrons. The van der Waals surface area contributed by atoms with Crippen molar-refractivity contribution in [2.24, 2.45) is 0 Å². The van der Waals surface area contributed by atoms with Gasteiger partial charge in [-0.25, -0.2) is 14.2 Å². The van der Waals surface area contributed by atoms with Gasteiger partial charge in [-0.2, -0.15) is 0 Å². The first-order chi connectivity index (χ1) is 15.0. The van der Waals surface area contributed by atoms with Crippen molar-refractivity contribution in [2.45, 2.75) is 19.4 Å². The maximum atomic E-state index is 13.5. The average molecular weight is 446 g/mol. The fourth-order valence-corrected chi connectivity index (χ4v) is 3.65. The van der Waals surface area contributed by atoms with Crippen molar-refractivity contribution in [3.63, 3.8) is 0 Å². The Morgan fingerprint density at radius 2 is 1.97 bits per heavy atom. The fraction of sp³-hybridized carbons (Fsp3) is 0.304. The summed E-state index contributed by atoms with van der Waals surface area (Å²) in [5.41, 5.74) is 1.30. The Morgan fingerprint density at radius 1 is 1.23 bits per heavy atom. The average Bonchev–Trinajstić information content (AvgIpc) is 2.78. The summed E-state index contributed by atoms with van der Waals surface area (Å²) in [7, 11) is 3.20. The van der Waals surface area contributed by atoms with Crippen LogP contribution in [0.4, 0.5) is 14.9 Å². The van der Waals surface area contributed by atoms with Crippen molar-refractivity contribution in [1.82, 2.24) is 9.88 Å². The molecule has 0 aliphatic carbocycles. The second-order valence-corrected chi connectivity index (χ2v) is 7.45. The molecule has 0 aliphatic heterocycles. The van der Waals surface area contributed by atoms with Gasteiger partial charge in [0.2, 0.25) is 5.88 Å². The molecule has 1 atom stereocenters. The van der Waals surface area contributed by atoms with Gasteiger partial charge in [0, 0.05) is 43.1 Å². The number of ether oxygens (including phenoxy) is 2. The van der Waals surface area contributed by atoms with Crippen LogP contribution in [0.1, 0.15) is 24.9 Å². The van der Waals surface area contributed by atoms with Crippen LogP contribution in [0.15, 0.2) is 48.7 Å². The second-order valence-electron chi connectivity index (χ2n) is 7.04. The van der Waals surface area contributed by atoms with Gasteiger partial charge in [0.05, 0.1) is 18.2 Å². The summed E-state index contributed by atoms with van der Waals surface area (Å²) in [5, 5.41) is 4.58. The first kappa shape index (κ1) is 22.8.